The maximum absolute atomic E-state index is 9.46. The number of hydrogen-bond acceptors (Lipinski definition) is 3. The molecule has 0 aromatic heterocycles. The Labute approximate surface area is 73.7 Å². The van der Waals surface area contributed by atoms with E-state index in [0.717, 1.165) is 19.3 Å². The molecule has 3 nitrogen and oxygen atoms in total. The first-order valence-corrected chi connectivity index (χ1v) is 4.69. The van der Waals surface area contributed by atoms with E-state index in [-0.39, 0.29) is 6.10 Å². The summed E-state index contributed by atoms with van der Waals surface area (Å²) in [7, 11) is 0. The Hall–Kier alpha value is -0.120. The van der Waals surface area contributed by atoms with Gasteiger partial charge in [0.25, 0.3) is 0 Å². The van der Waals surface area contributed by atoms with Gasteiger partial charge in [0.2, 0.25) is 0 Å². The van der Waals surface area contributed by atoms with E-state index in [1.54, 1.807) is 0 Å². The van der Waals surface area contributed by atoms with Crippen molar-refractivity contribution in [2.24, 2.45) is 0 Å². The number of aliphatic hydroxyl groups is 1. The molecular weight excluding hydrogens is 156 g/mol. The highest BCUT2D eigenvalue weighted by molar-refractivity contribution is 4.66. The molecule has 1 saturated heterocycles. The van der Waals surface area contributed by atoms with Crippen LogP contribution in [0.3, 0.4) is 0 Å². The van der Waals surface area contributed by atoms with Crippen LogP contribution in [0.15, 0.2) is 0 Å². The first-order chi connectivity index (χ1) is 5.74. The van der Waals surface area contributed by atoms with Crippen molar-refractivity contribution in [3.63, 3.8) is 0 Å². The summed E-state index contributed by atoms with van der Waals surface area (Å²) < 4.78 is 10.8. The van der Waals surface area contributed by atoms with Gasteiger partial charge in [-0.3, -0.25) is 0 Å². The fraction of sp³-hybridized carbons (Fsp3) is 1.00. The first kappa shape index (κ1) is 9.96. The Kier molecular flexibility index (Phi) is 3.98. The lowest BCUT2D eigenvalue weighted by Crippen LogP contribution is -2.38. The van der Waals surface area contributed by atoms with Gasteiger partial charge in [-0.2, -0.15) is 0 Å². The summed E-state index contributed by atoms with van der Waals surface area (Å²) in [5.41, 5.74) is 0. The van der Waals surface area contributed by atoms with E-state index >= 15 is 0 Å². The molecule has 1 aliphatic heterocycles. The summed E-state index contributed by atoms with van der Waals surface area (Å²) >= 11 is 0. The highest BCUT2D eigenvalue weighted by Gasteiger charge is 2.25. The Morgan fingerprint density at radius 1 is 1.67 bits per heavy atom. The predicted molar refractivity (Wildman–Crippen MR) is 45.8 cm³/mol. The summed E-state index contributed by atoms with van der Waals surface area (Å²) in [4.78, 5) is 0. The third kappa shape index (κ3) is 2.73. The summed E-state index contributed by atoms with van der Waals surface area (Å²) in [6.07, 6.45) is 2.01. The average Bonchev–Trinajstić information content (AvgIpc) is 2.09. The standard InChI is InChI=1S/C9H18O3/c1-3-7(2)12-9-8(10)5-4-6-11-9/h7-10H,3-6H2,1-2H3. The van der Waals surface area contributed by atoms with Crippen molar-refractivity contribution in [2.45, 2.75) is 51.6 Å². The van der Waals surface area contributed by atoms with Crippen molar-refractivity contribution < 1.29 is 14.6 Å². The van der Waals surface area contributed by atoms with E-state index in [2.05, 4.69) is 6.92 Å². The minimum Gasteiger partial charge on any atom is -0.388 e. The van der Waals surface area contributed by atoms with Crippen LogP contribution in [0.5, 0.6) is 0 Å². The lowest BCUT2D eigenvalue weighted by Gasteiger charge is -2.29. The minimum atomic E-state index is -0.437. The minimum absolute atomic E-state index is 0.169. The quantitative estimate of drug-likeness (QED) is 0.701. The van der Waals surface area contributed by atoms with Crippen LogP contribution in [0.4, 0.5) is 0 Å². The Morgan fingerprint density at radius 3 is 3.00 bits per heavy atom. The van der Waals surface area contributed by atoms with Gasteiger partial charge in [0.1, 0.15) is 6.10 Å². The monoisotopic (exact) mass is 174 g/mol. The molecule has 72 valence electrons. The molecule has 0 spiro atoms. The lowest BCUT2D eigenvalue weighted by atomic mass is 10.1. The van der Waals surface area contributed by atoms with Crippen LogP contribution in [0, 0.1) is 0 Å². The zero-order valence-corrected chi connectivity index (χ0v) is 7.82. The molecule has 1 fully saturated rings. The van der Waals surface area contributed by atoms with Crippen molar-refractivity contribution in [2.75, 3.05) is 6.61 Å². The molecule has 1 heterocycles. The van der Waals surface area contributed by atoms with Crippen LogP contribution in [0.25, 0.3) is 0 Å². The van der Waals surface area contributed by atoms with Gasteiger partial charge in [-0.25, -0.2) is 0 Å². The van der Waals surface area contributed by atoms with Crippen LogP contribution in [-0.2, 0) is 9.47 Å². The van der Waals surface area contributed by atoms with Crippen LogP contribution in [0.1, 0.15) is 33.1 Å². The van der Waals surface area contributed by atoms with Gasteiger partial charge in [0.15, 0.2) is 6.29 Å². The second-order valence-corrected chi connectivity index (χ2v) is 3.30. The van der Waals surface area contributed by atoms with Crippen LogP contribution < -0.4 is 0 Å². The second kappa shape index (κ2) is 4.80. The van der Waals surface area contributed by atoms with Crippen LogP contribution in [0.2, 0.25) is 0 Å². The number of ether oxygens (including phenoxy) is 2. The topological polar surface area (TPSA) is 38.7 Å². The molecule has 0 aromatic carbocycles. The van der Waals surface area contributed by atoms with E-state index in [0.29, 0.717) is 6.61 Å². The molecule has 1 aliphatic rings. The summed E-state index contributed by atoms with van der Waals surface area (Å²) in [5.74, 6) is 0. The Balaban J connectivity index is 2.28. The van der Waals surface area contributed by atoms with Crippen molar-refractivity contribution in [1.82, 2.24) is 0 Å². The summed E-state index contributed by atoms with van der Waals surface area (Å²) in [6.45, 7) is 4.75. The molecule has 3 atom stereocenters. The molecule has 12 heavy (non-hydrogen) atoms. The van der Waals surface area contributed by atoms with E-state index in [9.17, 15) is 5.11 Å². The number of hydrogen-bond donors (Lipinski definition) is 1. The number of aliphatic hydroxyl groups excluding tert-OH is 1. The van der Waals surface area contributed by atoms with E-state index in [1.165, 1.54) is 0 Å². The molecule has 0 saturated carbocycles. The van der Waals surface area contributed by atoms with Crippen molar-refractivity contribution >= 4 is 0 Å². The molecule has 0 aromatic rings. The van der Waals surface area contributed by atoms with Gasteiger partial charge in [0.05, 0.1) is 6.10 Å². The molecule has 3 unspecified atom stereocenters. The van der Waals surface area contributed by atoms with E-state index in [4.69, 9.17) is 9.47 Å². The van der Waals surface area contributed by atoms with Gasteiger partial charge in [-0.15, -0.1) is 0 Å². The molecule has 1 rings (SSSR count). The van der Waals surface area contributed by atoms with Crippen molar-refractivity contribution in [3.8, 4) is 0 Å². The fourth-order valence-corrected chi connectivity index (χ4v) is 1.19. The van der Waals surface area contributed by atoms with Gasteiger partial charge in [0, 0.05) is 6.61 Å². The third-order valence-electron chi connectivity index (χ3n) is 2.18. The highest BCUT2D eigenvalue weighted by Crippen LogP contribution is 2.16. The fourth-order valence-electron chi connectivity index (χ4n) is 1.19. The van der Waals surface area contributed by atoms with Crippen LogP contribution >= 0.6 is 0 Å². The summed E-state index contributed by atoms with van der Waals surface area (Å²) in [6, 6.07) is 0. The zero-order valence-electron chi connectivity index (χ0n) is 7.82. The average molecular weight is 174 g/mol. The highest BCUT2D eigenvalue weighted by atomic mass is 16.7. The smallest absolute Gasteiger partial charge is 0.183 e. The Bertz CT molecular complexity index is 127. The molecule has 0 aliphatic carbocycles. The molecule has 3 heteroatoms. The molecule has 0 amide bonds. The van der Waals surface area contributed by atoms with Crippen molar-refractivity contribution in [1.29, 1.82) is 0 Å². The van der Waals surface area contributed by atoms with Gasteiger partial charge in [-0.1, -0.05) is 6.92 Å². The molecule has 1 N–H and O–H groups in total. The molecule has 0 bridgehead atoms. The van der Waals surface area contributed by atoms with Gasteiger partial charge in [-0.05, 0) is 26.2 Å². The zero-order chi connectivity index (χ0) is 8.97. The van der Waals surface area contributed by atoms with Gasteiger partial charge < -0.3 is 14.6 Å². The molecule has 0 radical (unpaired) electrons. The van der Waals surface area contributed by atoms with Crippen LogP contribution in [-0.4, -0.2) is 30.2 Å². The van der Waals surface area contributed by atoms with Crippen molar-refractivity contribution in [3.05, 3.63) is 0 Å². The Morgan fingerprint density at radius 2 is 2.42 bits per heavy atom. The lowest BCUT2D eigenvalue weighted by molar-refractivity contribution is -0.231. The van der Waals surface area contributed by atoms with E-state index < -0.39 is 12.4 Å². The second-order valence-electron chi connectivity index (χ2n) is 3.30. The maximum atomic E-state index is 9.46. The van der Waals surface area contributed by atoms with E-state index in [1.807, 2.05) is 6.92 Å². The maximum Gasteiger partial charge on any atom is 0.183 e. The third-order valence-corrected chi connectivity index (χ3v) is 2.18. The normalized spacial score (nSPS) is 33.2. The molecular formula is C9H18O3. The summed E-state index contributed by atoms with van der Waals surface area (Å²) in [5, 5.41) is 9.46. The first-order valence-electron chi connectivity index (χ1n) is 4.69. The number of rotatable bonds is 3. The predicted octanol–water partition coefficient (Wildman–Crippen LogP) is 1.30. The van der Waals surface area contributed by atoms with Gasteiger partial charge >= 0.3 is 0 Å². The largest absolute Gasteiger partial charge is 0.388 e. The SMILES string of the molecule is CCC(C)OC1OCCCC1O.